The molecule has 0 aliphatic carbocycles. The molecule has 4 heteroatoms. The molecule has 0 fully saturated rings. The molecule has 0 bridgehead atoms. The highest BCUT2D eigenvalue weighted by molar-refractivity contribution is 5.85. The smallest absolute Gasteiger partial charge is 0.254 e. The van der Waals surface area contributed by atoms with Gasteiger partial charge >= 0.3 is 0 Å². The van der Waals surface area contributed by atoms with Crippen LogP contribution in [0.15, 0.2) is 42.5 Å². The van der Waals surface area contributed by atoms with Crippen LogP contribution in [0.3, 0.4) is 0 Å². The zero-order valence-corrected chi connectivity index (χ0v) is 15.5. The molecular formula is C21H27NO3. The summed E-state index contributed by atoms with van der Waals surface area (Å²) in [6.45, 7) is 6.26. The van der Waals surface area contributed by atoms with Crippen LogP contribution in [-0.2, 0) is 34.6 Å². The largest absolute Gasteiger partial charge is 0.489 e. The maximum atomic E-state index is 11.9. The lowest BCUT2D eigenvalue weighted by Gasteiger charge is -2.27. The first-order chi connectivity index (χ1) is 12.0. The quantitative estimate of drug-likeness (QED) is 0.795. The Morgan fingerprint density at radius 2 is 1.80 bits per heavy atom. The lowest BCUT2D eigenvalue weighted by Crippen LogP contribution is -2.41. The Labute approximate surface area is 150 Å². The van der Waals surface area contributed by atoms with Crippen molar-refractivity contribution in [2.24, 2.45) is 5.73 Å². The van der Waals surface area contributed by atoms with Gasteiger partial charge in [0.15, 0.2) is 5.60 Å². The highest BCUT2D eigenvalue weighted by Gasteiger charge is 2.35. The van der Waals surface area contributed by atoms with Gasteiger partial charge in [-0.2, -0.15) is 0 Å². The Hall–Kier alpha value is -2.33. The van der Waals surface area contributed by atoms with Crippen molar-refractivity contribution in [3.05, 3.63) is 64.7 Å². The second-order valence-corrected chi connectivity index (χ2v) is 6.20. The summed E-state index contributed by atoms with van der Waals surface area (Å²) in [5.41, 5.74) is 8.40. The minimum Gasteiger partial charge on any atom is -0.489 e. The van der Waals surface area contributed by atoms with E-state index in [2.05, 4.69) is 32.0 Å². The molecule has 2 aromatic rings. The van der Waals surface area contributed by atoms with Gasteiger partial charge in [-0.1, -0.05) is 50.2 Å². The van der Waals surface area contributed by atoms with Crippen molar-refractivity contribution in [2.75, 3.05) is 7.11 Å². The van der Waals surface area contributed by atoms with Crippen LogP contribution in [-0.4, -0.2) is 13.0 Å². The molecule has 0 radical (unpaired) electrons. The topological polar surface area (TPSA) is 61.6 Å². The van der Waals surface area contributed by atoms with Gasteiger partial charge < -0.3 is 15.2 Å². The van der Waals surface area contributed by atoms with Crippen LogP contribution in [0.1, 0.15) is 43.0 Å². The Bertz CT molecular complexity index is 742. The van der Waals surface area contributed by atoms with Gasteiger partial charge in [-0.15, -0.1) is 0 Å². The average molecular weight is 341 g/mol. The van der Waals surface area contributed by atoms with Crippen LogP contribution in [0.25, 0.3) is 0 Å². The first-order valence-corrected chi connectivity index (χ1v) is 8.64. The number of ether oxygens (including phenoxy) is 2. The van der Waals surface area contributed by atoms with Crippen molar-refractivity contribution in [1.29, 1.82) is 0 Å². The number of methoxy groups -OCH3 is 1. The molecule has 0 aromatic heterocycles. The molecular weight excluding hydrogens is 314 g/mol. The minimum atomic E-state index is -1.18. The molecule has 25 heavy (non-hydrogen) atoms. The monoisotopic (exact) mass is 341 g/mol. The van der Waals surface area contributed by atoms with Crippen LogP contribution in [0.5, 0.6) is 5.75 Å². The van der Waals surface area contributed by atoms with Crippen LogP contribution in [0.2, 0.25) is 0 Å². The Morgan fingerprint density at radius 1 is 1.08 bits per heavy atom. The molecule has 4 nitrogen and oxygen atoms in total. The van der Waals surface area contributed by atoms with Crippen LogP contribution in [0.4, 0.5) is 0 Å². The number of amides is 1. The molecule has 0 aliphatic rings. The number of aryl methyl sites for hydroxylation is 2. The number of nitrogens with two attached hydrogens (primary N) is 1. The van der Waals surface area contributed by atoms with Crippen molar-refractivity contribution in [2.45, 2.75) is 45.8 Å². The molecule has 2 N–H and O–H groups in total. The fourth-order valence-electron chi connectivity index (χ4n) is 2.86. The maximum Gasteiger partial charge on any atom is 0.254 e. The zero-order chi connectivity index (χ0) is 18.4. The van der Waals surface area contributed by atoms with Gasteiger partial charge in [-0.25, -0.2) is 0 Å². The summed E-state index contributed by atoms with van der Waals surface area (Å²) in [6.07, 6.45) is 1.86. The van der Waals surface area contributed by atoms with Gasteiger partial charge in [0.05, 0.1) is 0 Å². The molecule has 1 amide bonds. The molecule has 134 valence electrons. The summed E-state index contributed by atoms with van der Waals surface area (Å²) < 4.78 is 11.5. The van der Waals surface area contributed by atoms with E-state index >= 15 is 0 Å². The van der Waals surface area contributed by atoms with Crippen molar-refractivity contribution >= 4 is 5.91 Å². The van der Waals surface area contributed by atoms with Gasteiger partial charge in [0.25, 0.3) is 5.91 Å². The second-order valence-electron chi connectivity index (χ2n) is 6.20. The molecule has 0 aliphatic heterocycles. The molecule has 1 atom stereocenters. The van der Waals surface area contributed by atoms with E-state index in [9.17, 15) is 4.79 Å². The van der Waals surface area contributed by atoms with E-state index in [0.717, 1.165) is 29.7 Å². The second kappa shape index (κ2) is 8.17. The first kappa shape index (κ1) is 19.0. The predicted octanol–water partition coefficient (Wildman–Crippen LogP) is 3.74. The molecule has 0 saturated carbocycles. The Kier molecular flexibility index (Phi) is 6.21. The van der Waals surface area contributed by atoms with Crippen molar-refractivity contribution < 1.29 is 14.3 Å². The predicted molar refractivity (Wildman–Crippen MR) is 99.5 cm³/mol. The summed E-state index contributed by atoms with van der Waals surface area (Å²) in [5, 5.41) is 0. The molecule has 0 spiro atoms. The third kappa shape index (κ3) is 4.02. The number of hydrogen-bond acceptors (Lipinski definition) is 3. The first-order valence-electron chi connectivity index (χ1n) is 8.64. The normalized spacial score (nSPS) is 13.3. The summed E-state index contributed by atoms with van der Waals surface area (Å²) in [5.74, 6) is 0.361. The van der Waals surface area contributed by atoms with E-state index < -0.39 is 11.5 Å². The molecule has 1 unspecified atom stereocenters. The summed E-state index contributed by atoms with van der Waals surface area (Å²) >= 11 is 0. The van der Waals surface area contributed by atoms with Crippen molar-refractivity contribution in [3.8, 4) is 5.75 Å². The van der Waals surface area contributed by atoms with Gasteiger partial charge in [0.1, 0.15) is 12.4 Å². The summed E-state index contributed by atoms with van der Waals surface area (Å²) in [7, 11) is 1.49. The van der Waals surface area contributed by atoms with Crippen molar-refractivity contribution in [3.63, 3.8) is 0 Å². The number of hydrogen-bond donors (Lipinski definition) is 1. The maximum absolute atomic E-state index is 11.9. The molecule has 0 heterocycles. The average Bonchev–Trinajstić information content (AvgIpc) is 2.65. The van der Waals surface area contributed by atoms with E-state index in [1.807, 2.05) is 24.3 Å². The van der Waals surface area contributed by atoms with E-state index in [4.69, 9.17) is 15.2 Å². The molecule has 2 rings (SSSR count). The third-order valence-corrected chi connectivity index (χ3v) is 4.71. The van der Waals surface area contributed by atoms with Crippen LogP contribution >= 0.6 is 0 Å². The highest BCUT2D eigenvalue weighted by atomic mass is 16.5. The van der Waals surface area contributed by atoms with Gasteiger partial charge in [0, 0.05) is 7.11 Å². The summed E-state index contributed by atoms with van der Waals surface area (Å²) in [4.78, 5) is 11.9. The lowest BCUT2D eigenvalue weighted by molar-refractivity contribution is -0.139. The molecule has 2 aromatic carbocycles. The Morgan fingerprint density at radius 3 is 2.40 bits per heavy atom. The van der Waals surface area contributed by atoms with Gasteiger partial charge in [-0.3, -0.25) is 4.79 Å². The highest BCUT2D eigenvalue weighted by Crippen LogP contribution is 2.29. The fourth-order valence-corrected chi connectivity index (χ4v) is 2.86. The fraction of sp³-hybridized carbons (Fsp3) is 0.381. The Balaban J connectivity index is 2.33. The van der Waals surface area contributed by atoms with E-state index in [-0.39, 0.29) is 0 Å². The SMILES string of the molecule is CCc1ccc(CC)c(OCc2ccccc2C(C)(OC)C(N)=O)c1. The number of benzene rings is 2. The zero-order valence-electron chi connectivity index (χ0n) is 15.5. The molecule has 0 saturated heterocycles. The van der Waals surface area contributed by atoms with Crippen LogP contribution in [0, 0.1) is 0 Å². The summed E-state index contributed by atoms with van der Waals surface area (Å²) in [6, 6.07) is 13.9. The lowest BCUT2D eigenvalue weighted by atomic mass is 9.90. The van der Waals surface area contributed by atoms with Crippen LogP contribution < -0.4 is 10.5 Å². The van der Waals surface area contributed by atoms with Gasteiger partial charge in [-0.05, 0) is 48.1 Å². The standard InChI is InChI=1S/C21H27NO3/c1-5-15-11-12-16(6-2)19(13-15)25-14-17-9-7-8-10-18(17)21(3,24-4)20(22)23/h7-13H,5-6,14H2,1-4H3,(H2,22,23). The number of carbonyl (C=O) groups is 1. The van der Waals surface area contributed by atoms with E-state index in [1.165, 1.54) is 18.2 Å². The van der Waals surface area contributed by atoms with Gasteiger partial charge in [0.2, 0.25) is 0 Å². The van der Waals surface area contributed by atoms with Crippen molar-refractivity contribution in [1.82, 2.24) is 0 Å². The minimum absolute atomic E-state index is 0.350. The third-order valence-electron chi connectivity index (χ3n) is 4.71. The van der Waals surface area contributed by atoms with E-state index in [0.29, 0.717) is 6.61 Å². The number of carbonyl (C=O) groups excluding carboxylic acids is 1. The van der Waals surface area contributed by atoms with E-state index in [1.54, 1.807) is 6.92 Å². The number of rotatable bonds is 8. The number of primary amides is 1.